The third-order valence-corrected chi connectivity index (χ3v) is 2.86. The van der Waals surface area contributed by atoms with E-state index < -0.39 is 0 Å². The second-order valence-corrected chi connectivity index (χ2v) is 4.15. The molecular weight excluding hydrogens is 204 g/mol. The number of hydrogen-bond acceptors (Lipinski definition) is 3. The lowest BCUT2D eigenvalue weighted by Crippen LogP contribution is -2.29. The quantitative estimate of drug-likeness (QED) is 0.679. The first kappa shape index (κ1) is 9.35. The Morgan fingerprint density at radius 1 is 1.56 bits per heavy atom. The maximum absolute atomic E-state index is 11.8. The van der Waals surface area contributed by atoms with Crippen molar-refractivity contribution < 1.29 is 4.79 Å². The monoisotopic (exact) mass is 216 g/mol. The molecule has 1 aromatic carbocycles. The summed E-state index contributed by atoms with van der Waals surface area (Å²) in [6, 6.07) is 5.73. The first-order valence-electron chi connectivity index (χ1n) is 5.23. The zero-order valence-corrected chi connectivity index (χ0v) is 8.60. The topological polar surface area (TPSA) is 83.8 Å². The van der Waals surface area contributed by atoms with Gasteiger partial charge in [-0.2, -0.15) is 5.10 Å². The van der Waals surface area contributed by atoms with Gasteiger partial charge in [-0.15, -0.1) is 0 Å². The molecule has 2 unspecified atom stereocenters. The van der Waals surface area contributed by atoms with Gasteiger partial charge in [-0.25, -0.2) is 0 Å². The molecule has 1 heterocycles. The number of aromatic amines is 1. The first-order chi connectivity index (χ1) is 7.74. The van der Waals surface area contributed by atoms with Crippen molar-refractivity contribution in [3.8, 4) is 0 Å². The molecule has 0 aliphatic heterocycles. The Kier molecular flexibility index (Phi) is 1.94. The van der Waals surface area contributed by atoms with E-state index >= 15 is 0 Å². The Labute approximate surface area is 92.0 Å². The van der Waals surface area contributed by atoms with E-state index in [1.807, 2.05) is 6.07 Å². The number of carbonyl (C=O) groups is 1. The fourth-order valence-corrected chi connectivity index (χ4v) is 1.71. The van der Waals surface area contributed by atoms with Gasteiger partial charge in [0.1, 0.15) is 0 Å². The maximum atomic E-state index is 11.8. The fraction of sp³-hybridized carbons (Fsp3) is 0.273. The first-order valence-corrected chi connectivity index (χ1v) is 5.23. The standard InChI is InChI=1S/C11H12N4O/c12-8-4-10(8)14-11(16)6-1-2-7-5-13-15-9(7)3-6/h1-3,5,8,10H,4,12H2,(H,13,15)(H,14,16). The molecule has 1 fully saturated rings. The van der Waals surface area contributed by atoms with Gasteiger partial charge in [-0.05, 0) is 18.6 Å². The highest BCUT2D eigenvalue weighted by molar-refractivity contribution is 5.98. The molecule has 5 heteroatoms. The van der Waals surface area contributed by atoms with Crippen LogP contribution in [0.25, 0.3) is 10.9 Å². The molecule has 3 rings (SSSR count). The van der Waals surface area contributed by atoms with Crippen molar-refractivity contribution in [2.75, 3.05) is 0 Å². The predicted octanol–water partition coefficient (Wildman–Crippen LogP) is 0.392. The number of nitrogens with zero attached hydrogens (tertiary/aromatic N) is 1. The molecule has 0 saturated heterocycles. The van der Waals surface area contributed by atoms with Gasteiger partial charge >= 0.3 is 0 Å². The second-order valence-electron chi connectivity index (χ2n) is 4.15. The SMILES string of the molecule is NC1CC1NC(=O)c1ccc2cn[nH]c2c1. The largest absolute Gasteiger partial charge is 0.348 e. The lowest BCUT2D eigenvalue weighted by Gasteiger charge is -2.03. The van der Waals surface area contributed by atoms with Gasteiger partial charge in [0.15, 0.2) is 0 Å². The summed E-state index contributed by atoms with van der Waals surface area (Å²) >= 11 is 0. The number of hydrogen-bond donors (Lipinski definition) is 3. The molecule has 82 valence electrons. The Bertz CT molecular complexity index is 548. The molecule has 2 aromatic rings. The summed E-state index contributed by atoms with van der Waals surface area (Å²) in [5, 5.41) is 10.6. The van der Waals surface area contributed by atoms with E-state index in [0.717, 1.165) is 17.3 Å². The highest BCUT2D eigenvalue weighted by Gasteiger charge is 2.34. The van der Waals surface area contributed by atoms with Gasteiger partial charge < -0.3 is 11.1 Å². The Morgan fingerprint density at radius 3 is 3.12 bits per heavy atom. The van der Waals surface area contributed by atoms with Crippen LogP contribution < -0.4 is 11.1 Å². The van der Waals surface area contributed by atoms with Crippen LogP contribution in [-0.4, -0.2) is 28.2 Å². The lowest BCUT2D eigenvalue weighted by molar-refractivity contribution is 0.0950. The minimum atomic E-state index is -0.0746. The van der Waals surface area contributed by atoms with Crippen LogP contribution in [0.1, 0.15) is 16.8 Å². The van der Waals surface area contributed by atoms with Gasteiger partial charge in [0, 0.05) is 23.0 Å². The van der Waals surface area contributed by atoms with E-state index in [2.05, 4.69) is 15.5 Å². The average Bonchev–Trinajstić information content (AvgIpc) is 2.81. The lowest BCUT2D eigenvalue weighted by atomic mass is 10.1. The summed E-state index contributed by atoms with van der Waals surface area (Å²) in [4.78, 5) is 11.8. The molecule has 4 N–H and O–H groups in total. The molecular formula is C11H12N4O. The summed E-state index contributed by atoms with van der Waals surface area (Å²) in [6.07, 6.45) is 2.60. The number of fused-ring (bicyclic) bond motifs is 1. The number of nitrogens with two attached hydrogens (primary N) is 1. The van der Waals surface area contributed by atoms with Crippen molar-refractivity contribution in [3.63, 3.8) is 0 Å². The number of amides is 1. The highest BCUT2D eigenvalue weighted by atomic mass is 16.1. The van der Waals surface area contributed by atoms with Gasteiger partial charge in [0.25, 0.3) is 5.91 Å². The Balaban J connectivity index is 1.84. The van der Waals surface area contributed by atoms with Crippen molar-refractivity contribution in [1.29, 1.82) is 0 Å². The number of aromatic nitrogens is 2. The summed E-state index contributed by atoms with van der Waals surface area (Å²) in [7, 11) is 0. The number of rotatable bonds is 2. The average molecular weight is 216 g/mol. The molecule has 0 radical (unpaired) electrons. The molecule has 2 atom stereocenters. The highest BCUT2D eigenvalue weighted by Crippen LogP contribution is 2.19. The summed E-state index contributed by atoms with van der Waals surface area (Å²) in [6.45, 7) is 0. The van der Waals surface area contributed by atoms with Crippen LogP contribution in [0, 0.1) is 0 Å². The van der Waals surface area contributed by atoms with Gasteiger partial charge in [-0.3, -0.25) is 9.89 Å². The molecule has 0 spiro atoms. The van der Waals surface area contributed by atoms with Gasteiger partial charge in [-0.1, -0.05) is 6.07 Å². The van der Waals surface area contributed by atoms with Crippen LogP contribution in [0.5, 0.6) is 0 Å². The summed E-state index contributed by atoms with van der Waals surface area (Å²) in [5.74, 6) is -0.0746. The third kappa shape index (κ3) is 1.55. The number of benzene rings is 1. The molecule has 0 bridgehead atoms. The molecule has 1 amide bonds. The summed E-state index contributed by atoms with van der Waals surface area (Å²) in [5.41, 5.74) is 7.14. The zero-order chi connectivity index (χ0) is 11.1. The van der Waals surface area contributed by atoms with E-state index in [1.165, 1.54) is 0 Å². The van der Waals surface area contributed by atoms with Crippen LogP contribution in [0.2, 0.25) is 0 Å². The van der Waals surface area contributed by atoms with E-state index in [0.29, 0.717) is 5.56 Å². The van der Waals surface area contributed by atoms with Gasteiger partial charge in [0.2, 0.25) is 0 Å². The molecule has 1 aliphatic carbocycles. The predicted molar refractivity (Wildman–Crippen MR) is 59.9 cm³/mol. The second kappa shape index (κ2) is 3.31. The number of carbonyl (C=O) groups excluding carboxylic acids is 1. The summed E-state index contributed by atoms with van der Waals surface area (Å²) < 4.78 is 0. The molecule has 1 aromatic heterocycles. The van der Waals surface area contributed by atoms with Crippen molar-refractivity contribution in [3.05, 3.63) is 30.0 Å². The Morgan fingerprint density at radius 2 is 2.38 bits per heavy atom. The maximum Gasteiger partial charge on any atom is 0.251 e. The van der Waals surface area contributed by atoms with E-state index in [4.69, 9.17) is 5.73 Å². The number of nitrogens with one attached hydrogen (secondary N) is 2. The van der Waals surface area contributed by atoms with E-state index in [1.54, 1.807) is 18.3 Å². The van der Waals surface area contributed by atoms with Crippen LogP contribution in [0.15, 0.2) is 24.4 Å². The van der Waals surface area contributed by atoms with E-state index in [9.17, 15) is 4.79 Å². The van der Waals surface area contributed by atoms with Crippen LogP contribution >= 0.6 is 0 Å². The van der Waals surface area contributed by atoms with Crippen molar-refractivity contribution in [1.82, 2.24) is 15.5 Å². The van der Waals surface area contributed by atoms with E-state index in [-0.39, 0.29) is 18.0 Å². The third-order valence-electron chi connectivity index (χ3n) is 2.86. The van der Waals surface area contributed by atoms with Crippen molar-refractivity contribution in [2.24, 2.45) is 5.73 Å². The normalized spacial score (nSPS) is 23.3. The molecule has 1 aliphatic rings. The molecule has 16 heavy (non-hydrogen) atoms. The van der Waals surface area contributed by atoms with Crippen LogP contribution in [0.3, 0.4) is 0 Å². The molecule has 1 saturated carbocycles. The Hall–Kier alpha value is -1.88. The zero-order valence-electron chi connectivity index (χ0n) is 8.60. The fourth-order valence-electron chi connectivity index (χ4n) is 1.71. The van der Waals surface area contributed by atoms with Crippen molar-refractivity contribution in [2.45, 2.75) is 18.5 Å². The van der Waals surface area contributed by atoms with Crippen LogP contribution in [0.4, 0.5) is 0 Å². The minimum absolute atomic E-state index is 0.0746. The molecule has 5 nitrogen and oxygen atoms in total. The van der Waals surface area contributed by atoms with Crippen LogP contribution in [-0.2, 0) is 0 Å². The smallest absolute Gasteiger partial charge is 0.251 e. The van der Waals surface area contributed by atoms with Gasteiger partial charge in [0.05, 0.1) is 11.7 Å². The number of H-pyrrole nitrogens is 1. The van der Waals surface area contributed by atoms with Crippen molar-refractivity contribution >= 4 is 16.8 Å². The minimum Gasteiger partial charge on any atom is -0.348 e.